The van der Waals surface area contributed by atoms with Crippen molar-refractivity contribution in [3.63, 3.8) is 0 Å². The van der Waals surface area contributed by atoms with E-state index < -0.39 is 0 Å². The van der Waals surface area contributed by atoms with Gasteiger partial charge in [-0.25, -0.2) is 4.98 Å². The highest BCUT2D eigenvalue weighted by Gasteiger charge is 2.24. The molecule has 19 heavy (non-hydrogen) atoms. The molecule has 2 nitrogen and oxygen atoms in total. The molecule has 2 aromatic heterocycles. The summed E-state index contributed by atoms with van der Waals surface area (Å²) in [4.78, 5) is 5.87. The average molecular weight is 339 g/mol. The van der Waals surface area contributed by atoms with E-state index in [4.69, 9.17) is 0 Å². The van der Waals surface area contributed by atoms with Crippen LogP contribution >= 0.6 is 27.3 Å². The number of hydrogen-bond acceptors (Lipinski definition) is 3. The highest BCUT2D eigenvalue weighted by molar-refractivity contribution is 9.10. The fourth-order valence-electron chi connectivity index (χ4n) is 2.18. The van der Waals surface area contributed by atoms with Gasteiger partial charge in [-0.15, -0.1) is 11.3 Å². The van der Waals surface area contributed by atoms with Gasteiger partial charge >= 0.3 is 0 Å². The molecule has 102 valence electrons. The van der Waals surface area contributed by atoms with Crippen molar-refractivity contribution < 1.29 is 0 Å². The molecule has 2 heterocycles. The zero-order valence-corrected chi connectivity index (χ0v) is 14.2. The van der Waals surface area contributed by atoms with Gasteiger partial charge in [0.2, 0.25) is 0 Å². The third kappa shape index (κ3) is 3.37. The largest absolute Gasteiger partial charge is 0.369 e. The van der Waals surface area contributed by atoms with Crippen molar-refractivity contribution in [1.82, 2.24) is 4.98 Å². The van der Waals surface area contributed by atoms with Crippen LogP contribution in [0.1, 0.15) is 29.9 Å². The predicted octanol–water partition coefficient (Wildman–Crippen LogP) is 4.91. The van der Waals surface area contributed by atoms with Crippen LogP contribution in [0.2, 0.25) is 0 Å². The zero-order chi connectivity index (χ0) is 14.0. The first-order valence-electron chi connectivity index (χ1n) is 6.31. The Balaban J connectivity index is 2.12. The maximum absolute atomic E-state index is 4.43. The van der Waals surface area contributed by atoms with Crippen LogP contribution in [0.25, 0.3) is 0 Å². The molecule has 2 aromatic rings. The van der Waals surface area contributed by atoms with Crippen LogP contribution in [0.4, 0.5) is 5.82 Å². The SMILES string of the molecule is Cc1cc(Br)cnc1NCC(C)(C)c1sccc1C. The van der Waals surface area contributed by atoms with E-state index in [2.05, 4.69) is 71.4 Å². The summed E-state index contributed by atoms with van der Waals surface area (Å²) in [7, 11) is 0. The lowest BCUT2D eigenvalue weighted by atomic mass is 9.89. The first-order chi connectivity index (χ1) is 8.90. The molecule has 0 aliphatic rings. The summed E-state index contributed by atoms with van der Waals surface area (Å²) in [6, 6.07) is 4.27. The molecule has 1 N–H and O–H groups in total. The second kappa shape index (κ2) is 5.63. The van der Waals surface area contributed by atoms with Gasteiger partial charge < -0.3 is 5.32 Å². The number of nitrogens with zero attached hydrogens (tertiary/aromatic N) is 1. The summed E-state index contributed by atoms with van der Waals surface area (Å²) in [5, 5.41) is 5.63. The lowest BCUT2D eigenvalue weighted by Crippen LogP contribution is -2.27. The molecule has 0 saturated heterocycles. The van der Waals surface area contributed by atoms with Gasteiger partial charge in [0.1, 0.15) is 5.82 Å². The van der Waals surface area contributed by atoms with E-state index in [1.807, 2.05) is 17.5 Å². The molecule has 0 amide bonds. The van der Waals surface area contributed by atoms with E-state index in [1.165, 1.54) is 10.4 Å². The van der Waals surface area contributed by atoms with E-state index in [-0.39, 0.29) is 5.41 Å². The normalized spacial score (nSPS) is 11.6. The highest BCUT2D eigenvalue weighted by atomic mass is 79.9. The number of thiophene rings is 1. The van der Waals surface area contributed by atoms with E-state index in [0.717, 1.165) is 22.4 Å². The number of nitrogens with one attached hydrogen (secondary N) is 1. The smallest absolute Gasteiger partial charge is 0.128 e. The topological polar surface area (TPSA) is 24.9 Å². The Hall–Kier alpha value is -0.870. The van der Waals surface area contributed by atoms with Crippen molar-refractivity contribution in [2.75, 3.05) is 11.9 Å². The molecule has 0 spiro atoms. The quantitative estimate of drug-likeness (QED) is 0.856. The van der Waals surface area contributed by atoms with Crippen LogP contribution in [-0.4, -0.2) is 11.5 Å². The number of anilines is 1. The van der Waals surface area contributed by atoms with Crippen molar-refractivity contribution >= 4 is 33.1 Å². The highest BCUT2D eigenvalue weighted by Crippen LogP contribution is 2.31. The summed E-state index contributed by atoms with van der Waals surface area (Å²) in [6.07, 6.45) is 1.83. The van der Waals surface area contributed by atoms with Crippen LogP contribution in [0, 0.1) is 13.8 Å². The molecular weight excluding hydrogens is 320 g/mol. The number of halogens is 1. The van der Waals surface area contributed by atoms with E-state index in [1.54, 1.807) is 0 Å². The van der Waals surface area contributed by atoms with Crippen LogP contribution < -0.4 is 5.32 Å². The Morgan fingerprint density at radius 3 is 2.63 bits per heavy atom. The number of rotatable bonds is 4. The minimum Gasteiger partial charge on any atom is -0.369 e. The summed E-state index contributed by atoms with van der Waals surface area (Å²) in [5.41, 5.74) is 2.64. The number of aromatic nitrogens is 1. The fraction of sp³-hybridized carbons (Fsp3) is 0.400. The molecule has 0 unspecified atom stereocenters. The molecule has 0 atom stereocenters. The first-order valence-corrected chi connectivity index (χ1v) is 7.98. The van der Waals surface area contributed by atoms with Gasteiger partial charge in [0.05, 0.1) is 0 Å². The molecule has 0 aliphatic carbocycles. The first kappa shape index (κ1) is 14.5. The minimum absolute atomic E-state index is 0.111. The second-order valence-electron chi connectivity index (χ2n) is 5.49. The maximum Gasteiger partial charge on any atom is 0.128 e. The summed E-state index contributed by atoms with van der Waals surface area (Å²) in [6.45, 7) is 9.67. The third-order valence-electron chi connectivity index (χ3n) is 3.22. The number of pyridine rings is 1. The monoisotopic (exact) mass is 338 g/mol. The van der Waals surface area contributed by atoms with Gasteiger partial charge in [0.15, 0.2) is 0 Å². The third-order valence-corrected chi connectivity index (χ3v) is 5.04. The Labute approximate surface area is 127 Å². The predicted molar refractivity (Wildman–Crippen MR) is 87.2 cm³/mol. The van der Waals surface area contributed by atoms with Gasteiger partial charge in [-0.05, 0) is 58.4 Å². The lowest BCUT2D eigenvalue weighted by Gasteiger charge is -2.25. The molecule has 0 fully saturated rings. The lowest BCUT2D eigenvalue weighted by molar-refractivity contribution is 0.565. The molecule has 0 aromatic carbocycles. The molecule has 2 rings (SSSR count). The second-order valence-corrected chi connectivity index (χ2v) is 7.32. The molecule has 0 saturated carbocycles. The molecule has 0 aliphatic heterocycles. The standard InChI is InChI=1S/C15H19BrN2S/c1-10-5-6-19-13(10)15(3,4)9-18-14-11(2)7-12(16)8-17-14/h5-8H,9H2,1-4H3,(H,17,18). The van der Waals surface area contributed by atoms with Crippen molar-refractivity contribution in [2.45, 2.75) is 33.1 Å². The Bertz CT molecular complexity index is 575. The minimum atomic E-state index is 0.111. The van der Waals surface area contributed by atoms with Crippen LogP contribution in [0.15, 0.2) is 28.2 Å². The van der Waals surface area contributed by atoms with Crippen molar-refractivity contribution in [1.29, 1.82) is 0 Å². The summed E-state index contributed by atoms with van der Waals surface area (Å²) in [5.74, 6) is 0.963. The van der Waals surface area contributed by atoms with Crippen molar-refractivity contribution in [3.8, 4) is 0 Å². The number of hydrogen-bond donors (Lipinski definition) is 1. The van der Waals surface area contributed by atoms with E-state index in [0.29, 0.717) is 0 Å². The van der Waals surface area contributed by atoms with E-state index >= 15 is 0 Å². The Morgan fingerprint density at radius 2 is 2.05 bits per heavy atom. The van der Waals surface area contributed by atoms with Crippen molar-refractivity contribution in [3.05, 3.63) is 44.2 Å². The Morgan fingerprint density at radius 1 is 1.32 bits per heavy atom. The Kier molecular flexibility index (Phi) is 4.31. The molecule has 4 heteroatoms. The summed E-state index contributed by atoms with van der Waals surface area (Å²) < 4.78 is 1.02. The molecule has 0 bridgehead atoms. The summed E-state index contributed by atoms with van der Waals surface area (Å²) >= 11 is 5.27. The van der Waals surface area contributed by atoms with E-state index in [9.17, 15) is 0 Å². The van der Waals surface area contributed by atoms with Gasteiger partial charge in [-0.2, -0.15) is 0 Å². The average Bonchev–Trinajstić information content (AvgIpc) is 2.75. The van der Waals surface area contributed by atoms with Gasteiger partial charge in [0.25, 0.3) is 0 Å². The maximum atomic E-state index is 4.43. The zero-order valence-electron chi connectivity index (χ0n) is 11.7. The number of aryl methyl sites for hydroxylation is 2. The van der Waals surface area contributed by atoms with Crippen LogP contribution in [-0.2, 0) is 5.41 Å². The molecule has 0 radical (unpaired) electrons. The molecular formula is C15H19BrN2S. The fourth-order valence-corrected chi connectivity index (χ4v) is 3.68. The van der Waals surface area contributed by atoms with Crippen LogP contribution in [0.3, 0.4) is 0 Å². The van der Waals surface area contributed by atoms with Gasteiger partial charge in [-0.3, -0.25) is 0 Å². The van der Waals surface area contributed by atoms with Gasteiger partial charge in [-0.1, -0.05) is 13.8 Å². The van der Waals surface area contributed by atoms with Crippen molar-refractivity contribution in [2.24, 2.45) is 0 Å². The van der Waals surface area contributed by atoms with Crippen LogP contribution in [0.5, 0.6) is 0 Å². The van der Waals surface area contributed by atoms with Gasteiger partial charge in [0, 0.05) is 27.5 Å².